The van der Waals surface area contributed by atoms with Gasteiger partial charge in [0.05, 0.1) is 23.3 Å². The minimum Gasteiger partial charge on any atom is -0.305 e. The van der Waals surface area contributed by atoms with Crippen LogP contribution in [0.1, 0.15) is 22.6 Å². The van der Waals surface area contributed by atoms with Gasteiger partial charge in [-0.3, -0.25) is 9.78 Å². The quantitative estimate of drug-likeness (QED) is 0.726. The van der Waals surface area contributed by atoms with E-state index in [2.05, 4.69) is 15.3 Å². The second-order valence-corrected chi connectivity index (χ2v) is 5.55. The van der Waals surface area contributed by atoms with Crippen molar-refractivity contribution in [2.24, 2.45) is 0 Å². The molecule has 7 heteroatoms. The smallest absolute Gasteiger partial charge is 0.280 e. The third-order valence-corrected chi connectivity index (χ3v) is 4.00. The van der Waals surface area contributed by atoms with E-state index in [4.69, 9.17) is 0 Å². The van der Waals surface area contributed by atoms with Crippen molar-refractivity contribution in [3.05, 3.63) is 66.0 Å². The molecule has 6 nitrogen and oxygen atoms in total. The Balaban J connectivity index is 1.63. The summed E-state index contributed by atoms with van der Waals surface area (Å²) < 4.78 is 14.5. The van der Waals surface area contributed by atoms with Crippen LogP contribution in [-0.4, -0.2) is 32.4 Å². The highest BCUT2D eigenvalue weighted by atomic mass is 19.1. The van der Waals surface area contributed by atoms with Crippen LogP contribution in [0.2, 0.25) is 0 Å². The Kier molecular flexibility index (Phi) is 3.53. The topological polar surface area (TPSA) is 63.9 Å². The number of fused-ring (bicyclic) bond motifs is 1. The van der Waals surface area contributed by atoms with Crippen LogP contribution in [0.5, 0.6) is 0 Å². The first-order valence-electron chi connectivity index (χ1n) is 7.66. The van der Waals surface area contributed by atoms with E-state index in [-0.39, 0.29) is 17.4 Å². The number of carbonyl (C=O) groups excluding carboxylic acids is 1. The lowest BCUT2D eigenvalue weighted by Gasteiger charge is -2.27. The monoisotopic (exact) mass is 323 g/mol. The van der Waals surface area contributed by atoms with Crippen LogP contribution in [0.15, 0.2) is 48.8 Å². The number of nitrogens with zero attached hydrogens (tertiary/aromatic N) is 5. The number of pyridine rings is 1. The summed E-state index contributed by atoms with van der Waals surface area (Å²) >= 11 is 0. The molecule has 0 spiro atoms. The van der Waals surface area contributed by atoms with Crippen LogP contribution in [0, 0.1) is 5.82 Å². The van der Waals surface area contributed by atoms with E-state index in [9.17, 15) is 9.18 Å². The highest BCUT2D eigenvalue weighted by molar-refractivity contribution is 6.05. The Morgan fingerprint density at radius 3 is 2.83 bits per heavy atom. The standard InChI is InChI=1S/C17H14FN5O/c18-12-5-7-13(8-6-12)23-11-15(20-21-23)17(24)22-10-2-3-14-16(22)4-1-9-19-14/h1,4-9,11H,2-3,10H2. The predicted molar refractivity (Wildman–Crippen MR) is 85.6 cm³/mol. The highest BCUT2D eigenvalue weighted by Crippen LogP contribution is 2.26. The third kappa shape index (κ3) is 2.54. The molecule has 1 amide bonds. The summed E-state index contributed by atoms with van der Waals surface area (Å²) in [6.45, 7) is 0.626. The van der Waals surface area contributed by atoms with Crippen LogP contribution in [-0.2, 0) is 6.42 Å². The van der Waals surface area contributed by atoms with Crippen molar-refractivity contribution in [2.75, 3.05) is 11.4 Å². The molecule has 3 aromatic rings. The molecule has 3 heterocycles. The molecule has 0 unspecified atom stereocenters. The molecular formula is C17H14FN5O. The molecule has 1 aromatic carbocycles. The molecule has 0 N–H and O–H groups in total. The summed E-state index contributed by atoms with van der Waals surface area (Å²) in [7, 11) is 0. The first kappa shape index (κ1) is 14.5. The number of amides is 1. The number of aryl methyl sites for hydroxylation is 1. The molecule has 24 heavy (non-hydrogen) atoms. The number of aromatic nitrogens is 4. The molecule has 120 valence electrons. The molecule has 0 saturated heterocycles. The largest absolute Gasteiger partial charge is 0.305 e. The summed E-state index contributed by atoms with van der Waals surface area (Å²) in [5.74, 6) is -0.537. The molecule has 0 fully saturated rings. The van der Waals surface area contributed by atoms with Gasteiger partial charge in [0.2, 0.25) is 0 Å². The van der Waals surface area contributed by atoms with E-state index in [1.165, 1.54) is 16.8 Å². The minimum absolute atomic E-state index is 0.211. The zero-order valence-electron chi connectivity index (χ0n) is 12.8. The normalized spacial score (nSPS) is 13.6. The first-order chi connectivity index (χ1) is 11.7. The summed E-state index contributed by atoms with van der Waals surface area (Å²) in [5, 5.41) is 7.94. The van der Waals surface area contributed by atoms with Gasteiger partial charge in [-0.1, -0.05) is 5.21 Å². The first-order valence-corrected chi connectivity index (χ1v) is 7.66. The average molecular weight is 323 g/mol. The van der Waals surface area contributed by atoms with Gasteiger partial charge < -0.3 is 4.90 Å². The van der Waals surface area contributed by atoms with Gasteiger partial charge in [0, 0.05) is 12.7 Å². The Morgan fingerprint density at radius 1 is 1.17 bits per heavy atom. The Hall–Kier alpha value is -3.09. The molecule has 0 bridgehead atoms. The predicted octanol–water partition coefficient (Wildman–Crippen LogP) is 2.39. The lowest BCUT2D eigenvalue weighted by molar-refractivity contribution is 0.0980. The van der Waals surface area contributed by atoms with Crippen molar-refractivity contribution in [3.8, 4) is 5.69 Å². The molecule has 0 saturated carbocycles. The fourth-order valence-corrected chi connectivity index (χ4v) is 2.82. The number of benzene rings is 1. The third-order valence-electron chi connectivity index (χ3n) is 4.00. The van der Waals surface area contributed by atoms with Gasteiger partial charge in [0.1, 0.15) is 5.82 Å². The summed E-state index contributed by atoms with van der Waals surface area (Å²) in [4.78, 5) is 18.8. The van der Waals surface area contributed by atoms with Gasteiger partial charge in [-0.25, -0.2) is 9.07 Å². The van der Waals surface area contributed by atoms with E-state index in [0.29, 0.717) is 12.2 Å². The molecule has 1 aliphatic rings. The van der Waals surface area contributed by atoms with Crippen molar-refractivity contribution < 1.29 is 9.18 Å². The van der Waals surface area contributed by atoms with E-state index < -0.39 is 0 Å². The second-order valence-electron chi connectivity index (χ2n) is 5.55. The van der Waals surface area contributed by atoms with Crippen LogP contribution < -0.4 is 4.90 Å². The van der Waals surface area contributed by atoms with Crippen LogP contribution in [0.25, 0.3) is 5.69 Å². The van der Waals surface area contributed by atoms with Crippen LogP contribution in [0.4, 0.5) is 10.1 Å². The van der Waals surface area contributed by atoms with Gasteiger partial charge in [0.15, 0.2) is 5.69 Å². The van der Waals surface area contributed by atoms with Crippen molar-refractivity contribution in [1.82, 2.24) is 20.0 Å². The van der Waals surface area contributed by atoms with E-state index in [0.717, 1.165) is 24.2 Å². The summed E-state index contributed by atoms with van der Waals surface area (Å²) in [5.41, 5.74) is 2.63. The summed E-state index contributed by atoms with van der Waals surface area (Å²) in [6.07, 6.45) is 5.02. The van der Waals surface area contributed by atoms with Crippen molar-refractivity contribution >= 4 is 11.6 Å². The molecule has 0 aliphatic carbocycles. The number of rotatable bonds is 2. The molecule has 0 atom stereocenters. The molecule has 4 rings (SSSR count). The minimum atomic E-state index is -0.326. The van der Waals surface area contributed by atoms with Gasteiger partial charge in [-0.15, -0.1) is 5.10 Å². The van der Waals surface area contributed by atoms with Gasteiger partial charge in [-0.2, -0.15) is 0 Å². The zero-order chi connectivity index (χ0) is 16.5. The van der Waals surface area contributed by atoms with E-state index >= 15 is 0 Å². The number of halogens is 1. The maximum absolute atomic E-state index is 13.0. The molecule has 2 aromatic heterocycles. The number of hydrogen-bond donors (Lipinski definition) is 0. The molecular weight excluding hydrogens is 309 g/mol. The van der Waals surface area contributed by atoms with E-state index in [1.54, 1.807) is 29.4 Å². The van der Waals surface area contributed by atoms with Gasteiger partial charge in [0.25, 0.3) is 5.91 Å². The summed E-state index contributed by atoms with van der Waals surface area (Å²) in [6, 6.07) is 9.55. The SMILES string of the molecule is O=C(c1cn(-c2ccc(F)cc2)nn1)N1CCCc2ncccc21. The van der Waals surface area contributed by atoms with Crippen molar-refractivity contribution in [1.29, 1.82) is 0 Å². The lowest BCUT2D eigenvalue weighted by Crippen LogP contribution is -2.36. The highest BCUT2D eigenvalue weighted by Gasteiger charge is 2.26. The average Bonchev–Trinajstić information content (AvgIpc) is 3.11. The second kappa shape index (κ2) is 5.84. The van der Waals surface area contributed by atoms with E-state index in [1.807, 2.05) is 12.1 Å². The maximum Gasteiger partial charge on any atom is 0.280 e. The lowest BCUT2D eigenvalue weighted by atomic mass is 10.1. The van der Waals surface area contributed by atoms with Crippen LogP contribution >= 0.6 is 0 Å². The number of anilines is 1. The Bertz CT molecular complexity index is 890. The molecule has 1 aliphatic heterocycles. The van der Waals surface area contributed by atoms with Crippen LogP contribution in [0.3, 0.4) is 0 Å². The zero-order valence-corrected chi connectivity index (χ0v) is 12.8. The van der Waals surface area contributed by atoms with Gasteiger partial charge in [-0.05, 0) is 49.2 Å². The van der Waals surface area contributed by atoms with Crippen molar-refractivity contribution in [2.45, 2.75) is 12.8 Å². The van der Waals surface area contributed by atoms with Gasteiger partial charge >= 0.3 is 0 Å². The number of carbonyl (C=O) groups is 1. The van der Waals surface area contributed by atoms with Crippen molar-refractivity contribution in [3.63, 3.8) is 0 Å². The molecule has 0 radical (unpaired) electrons. The number of hydrogen-bond acceptors (Lipinski definition) is 4. The fourth-order valence-electron chi connectivity index (χ4n) is 2.82. The Morgan fingerprint density at radius 2 is 2.00 bits per heavy atom. The maximum atomic E-state index is 13.0. The fraction of sp³-hybridized carbons (Fsp3) is 0.176. The Labute approximate surface area is 137 Å².